The first-order valence-corrected chi connectivity index (χ1v) is 6.58. The SMILES string of the molecule is C=C(CC)c1nc2n(n1)C(c1ccccc1F)CC2. The predicted molar refractivity (Wildman–Crippen MR) is 72.2 cm³/mol. The van der Waals surface area contributed by atoms with Gasteiger partial charge in [0, 0.05) is 12.0 Å². The summed E-state index contributed by atoms with van der Waals surface area (Å²) in [4.78, 5) is 4.50. The van der Waals surface area contributed by atoms with Crippen molar-refractivity contribution >= 4 is 5.57 Å². The molecule has 3 rings (SSSR count). The Balaban J connectivity index is 2.00. The van der Waals surface area contributed by atoms with Crippen LogP contribution in [-0.2, 0) is 6.42 Å². The van der Waals surface area contributed by atoms with Crippen molar-refractivity contribution in [2.75, 3.05) is 0 Å². The number of rotatable bonds is 3. The summed E-state index contributed by atoms with van der Waals surface area (Å²) in [5, 5.41) is 4.50. The Morgan fingerprint density at radius 2 is 2.26 bits per heavy atom. The van der Waals surface area contributed by atoms with Gasteiger partial charge >= 0.3 is 0 Å². The van der Waals surface area contributed by atoms with E-state index in [1.54, 1.807) is 6.07 Å². The van der Waals surface area contributed by atoms with Crippen LogP contribution in [0.1, 0.15) is 43.0 Å². The highest BCUT2D eigenvalue weighted by atomic mass is 19.1. The molecule has 98 valence electrons. The molecule has 2 aromatic rings. The van der Waals surface area contributed by atoms with E-state index >= 15 is 0 Å². The monoisotopic (exact) mass is 257 g/mol. The number of halogens is 1. The van der Waals surface area contributed by atoms with Gasteiger partial charge in [-0.3, -0.25) is 0 Å². The van der Waals surface area contributed by atoms with Gasteiger partial charge in [0.05, 0.1) is 6.04 Å². The molecule has 0 amide bonds. The van der Waals surface area contributed by atoms with Crippen molar-refractivity contribution in [1.29, 1.82) is 0 Å². The second-order valence-electron chi connectivity index (χ2n) is 4.83. The second kappa shape index (κ2) is 4.61. The highest BCUT2D eigenvalue weighted by molar-refractivity contribution is 5.56. The van der Waals surface area contributed by atoms with Crippen LogP contribution in [0.15, 0.2) is 30.8 Å². The van der Waals surface area contributed by atoms with Crippen LogP contribution in [0.3, 0.4) is 0 Å². The molecule has 1 aliphatic heterocycles. The molecule has 0 fully saturated rings. The summed E-state index contributed by atoms with van der Waals surface area (Å²) in [7, 11) is 0. The van der Waals surface area contributed by atoms with Crippen molar-refractivity contribution in [2.45, 2.75) is 32.2 Å². The fraction of sp³-hybridized carbons (Fsp3) is 0.333. The summed E-state index contributed by atoms with van der Waals surface area (Å²) >= 11 is 0. The molecule has 4 heteroatoms. The average Bonchev–Trinajstić information content (AvgIpc) is 2.98. The predicted octanol–water partition coefficient (Wildman–Crippen LogP) is 3.38. The summed E-state index contributed by atoms with van der Waals surface area (Å²) in [6.07, 6.45) is 2.52. The van der Waals surface area contributed by atoms with Crippen molar-refractivity contribution in [3.63, 3.8) is 0 Å². The molecule has 2 heterocycles. The Bertz CT molecular complexity index is 630. The van der Waals surface area contributed by atoms with Gasteiger partial charge in [0.15, 0.2) is 5.82 Å². The van der Waals surface area contributed by atoms with Gasteiger partial charge in [-0.25, -0.2) is 14.1 Å². The van der Waals surface area contributed by atoms with Crippen LogP contribution in [0.4, 0.5) is 4.39 Å². The first-order valence-electron chi connectivity index (χ1n) is 6.58. The van der Waals surface area contributed by atoms with Crippen LogP contribution < -0.4 is 0 Å². The maximum atomic E-state index is 13.9. The molecule has 1 aliphatic rings. The fourth-order valence-corrected chi connectivity index (χ4v) is 2.50. The lowest BCUT2D eigenvalue weighted by atomic mass is 10.0. The molecule has 0 bridgehead atoms. The molecule has 0 saturated heterocycles. The van der Waals surface area contributed by atoms with Crippen molar-refractivity contribution in [2.24, 2.45) is 0 Å². The smallest absolute Gasteiger partial charge is 0.176 e. The van der Waals surface area contributed by atoms with Gasteiger partial charge in [0.25, 0.3) is 0 Å². The normalized spacial score (nSPS) is 17.5. The summed E-state index contributed by atoms with van der Waals surface area (Å²) in [6, 6.07) is 6.85. The van der Waals surface area contributed by atoms with Crippen molar-refractivity contribution in [1.82, 2.24) is 14.8 Å². The molecule has 1 aromatic heterocycles. The quantitative estimate of drug-likeness (QED) is 0.844. The van der Waals surface area contributed by atoms with E-state index in [2.05, 4.69) is 16.7 Å². The van der Waals surface area contributed by atoms with Crippen LogP contribution in [0.25, 0.3) is 5.57 Å². The zero-order valence-electron chi connectivity index (χ0n) is 10.9. The van der Waals surface area contributed by atoms with Gasteiger partial charge in [-0.05, 0) is 24.5 Å². The molecule has 1 atom stereocenters. The fourth-order valence-electron chi connectivity index (χ4n) is 2.50. The third-order valence-corrected chi connectivity index (χ3v) is 3.65. The number of hydrogen-bond acceptors (Lipinski definition) is 2. The molecule has 0 aliphatic carbocycles. The minimum absolute atomic E-state index is 0.0397. The number of aryl methyl sites for hydroxylation is 1. The van der Waals surface area contributed by atoms with E-state index in [-0.39, 0.29) is 11.9 Å². The van der Waals surface area contributed by atoms with Crippen molar-refractivity contribution < 1.29 is 4.39 Å². The Kier molecular flexibility index (Phi) is 2.93. The Hall–Kier alpha value is -1.97. The summed E-state index contributed by atoms with van der Waals surface area (Å²) in [5.74, 6) is 1.45. The Morgan fingerprint density at radius 3 is 3.00 bits per heavy atom. The van der Waals surface area contributed by atoms with E-state index in [0.717, 1.165) is 30.7 Å². The lowest BCUT2D eigenvalue weighted by molar-refractivity contribution is 0.512. The van der Waals surface area contributed by atoms with Crippen LogP contribution >= 0.6 is 0 Å². The topological polar surface area (TPSA) is 30.7 Å². The van der Waals surface area contributed by atoms with E-state index in [4.69, 9.17) is 0 Å². The van der Waals surface area contributed by atoms with Crippen molar-refractivity contribution in [3.8, 4) is 0 Å². The zero-order chi connectivity index (χ0) is 13.4. The van der Waals surface area contributed by atoms with E-state index in [9.17, 15) is 4.39 Å². The first-order chi connectivity index (χ1) is 9.20. The lowest BCUT2D eigenvalue weighted by Crippen LogP contribution is -2.09. The van der Waals surface area contributed by atoms with Gasteiger partial charge in [-0.1, -0.05) is 31.7 Å². The summed E-state index contributed by atoms with van der Waals surface area (Å²) in [5.41, 5.74) is 1.62. The molecule has 3 nitrogen and oxygen atoms in total. The lowest BCUT2D eigenvalue weighted by Gasteiger charge is -2.12. The van der Waals surface area contributed by atoms with Crippen LogP contribution in [0.5, 0.6) is 0 Å². The second-order valence-corrected chi connectivity index (χ2v) is 4.83. The molecule has 0 saturated carbocycles. The molecule has 19 heavy (non-hydrogen) atoms. The van der Waals surface area contributed by atoms with E-state index in [1.165, 1.54) is 6.07 Å². The molecule has 0 radical (unpaired) electrons. The first kappa shape index (κ1) is 12.1. The third kappa shape index (κ3) is 1.97. The third-order valence-electron chi connectivity index (χ3n) is 3.65. The number of allylic oxidation sites excluding steroid dienone is 1. The van der Waals surface area contributed by atoms with Crippen LogP contribution in [0, 0.1) is 5.82 Å². The highest BCUT2D eigenvalue weighted by Crippen LogP contribution is 2.32. The number of fused-ring (bicyclic) bond motifs is 1. The molecule has 1 aromatic carbocycles. The standard InChI is InChI=1S/C15H16FN3/c1-3-10(2)15-17-14-9-8-13(19(14)18-15)11-6-4-5-7-12(11)16/h4-7,13H,2-3,8-9H2,1H3. The zero-order valence-corrected chi connectivity index (χ0v) is 10.9. The van der Waals surface area contributed by atoms with E-state index < -0.39 is 0 Å². The van der Waals surface area contributed by atoms with Gasteiger partial charge in [0.1, 0.15) is 11.6 Å². The number of hydrogen-bond donors (Lipinski definition) is 0. The molecule has 0 spiro atoms. The molecular formula is C15H16FN3. The minimum atomic E-state index is -0.174. The summed E-state index contributed by atoms with van der Waals surface area (Å²) < 4.78 is 15.7. The van der Waals surface area contributed by atoms with Gasteiger partial charge in [-0.15, -0.1) is 0 Å². The summed E-state index contributed by atoms with van der Waals surface area (Å²) in [6.45, 7) is 5.99. The highest BCUT2D eigenvalue weighted by Gasteiger charge is 2.28. The maximum absolute atomic E-state index is 13.9. The van der Waals surface area contributed by atoms with Gasteiger partial charge in [0.2, 0.25) is 0 Å². The molecular weight excluding hydrogens is 241 g/mol. The van der Waals surface area contributed by atoms with Crippen LogP contribution in [0.2, 0.25) is 0 Å². The Morgan fingerprint density at radius 1 is 1.47 bits per heavy atom. The van der Waals surface area contributed by atoms with E-state index in [0.29, 0.717) is 11.4 Å². The van der Waals surface area contributed by atoms with Gasteiger partial charge < -0.3 is 0 Å². The van der Waals surface area contributed by atoms with Crippen molar-refractivity contribution in [3.05, 3.63) is 53.9 Å². The Labute approximate surface area is 111 Å². The minimum Gasteiger partial charge on any atom is -0.242 e. The largest absolute Gasteiger partial charge is 0.242 e. The number of nitrogens with zero attached hydrogens (tertiary/aromatic N) is 3. The molecule has 1 unspecified atom stereocenters. The van der Waals surface area contributed by atoms with Gasteiger partial charge in [-0.2, -0.15) is 5.10 Å². The van der Waals surface area contributed by atoms with E-state index in [1.807, 2.05) is 23.7 Å². The maximum Gasteiger partial charge on any atom is 0.176 e. The average molecular weight is 257 g/mol. The molecule has 0 N–H and O–H groups in total. The number of aromatic nitrogens is 3. The number of benzene rings is 1. The van der Waals surface area contributed by atoms with Crippen LogP contribution in [-0.4, -0.2) is 14.8 Å².